The van der Waals surface area contributed by atoms with Crippen LogP contribution in [-0.2, 0) is 10.8 Å². The molecule has 5 nitrogen and oxygen atoms in total. The van der Waals surface area contributed by atoms with Gasteiger partial charge in [0.05, 0.1) is 11.7 Å². The van der Waals surface area contributed by atoms with E-state index in [0.717, 1.165) is 0 Å². The summed E-state index contributed by atoms with van der Waals surface area (Å²) >= 11 is 0. The number of carbonyl (C=O) groups excluding carboxylic acids is 1. The average Bonchev–Trinajstić information content (AvgIpc) is 2.39. The molecule has 104 valence electrons. The Hall–Kier alpha value is -1.43. The summed E-state index contributed by atoms with van der Waals surface area (Å²) in [4.78, 5) is 18.0. The first-order chi connectivity index (χ1) is 9.06. The van der Waals surface area contributed by atoms with E-state index in [4.69, 9.17) is 4.74 Å². The van der Waals surface area contributed by atoms with Crippen molar-refractivity contribution in [2.45, 2.75) is 20.0 Å². The van der Waals surface area contributed by atoms with Gasteiger partial charge in [0.1, 0.15) is 0 Å². The highest BCUT2D eigenvalue weighted by Gasteiger charge is 2.21. The highest BCUT2D eigenvalue weighted by Crippen LogP contribution is 2.12. The maximum Gasteiger partial charge on any atom is 0.255 e. The summed E-state index contributed by atoms with van der Waals surface area (Å²) in [6.45, 7) is 4.95. The number of amides is 1. The molecular formula is C13H18N2O3S. The van der Waals surface area contributed by atoms with Crippen LogP contribution < -0.4 is 4.74 Å². The molecule has 0 saturated carbocycles. The summed E-state index contributed by atoms with van der Waals surface area (Å²) in [7, 11) is -0.774. The zero-order valence-electron chi connectivity index (χ0n) is 11.2. The van der Waals surface area contributed by atoms with Gasteiger partial charge in [0.15, 0.2) is 0 Å². The summed E-state index contributed by atoms with van der Waals surface area (Å²) in [6, 6.07) is 3.42. The van der Waals surface area contributed by atoms with Crippen LogP contribution in [0.15, 0.2) is 18.3 Å². The highest BCUT2D eigenvalue weighted by atomic mass is 32.2. The summed E-state index contributed by atoms with van der Waals surface area (Å²) in [5.41, 5.74) is 0.545. The molecule has 1 aromatic heterocycles. The molecule has 0 atom stereocenters. The zero-order chi connectivity index (χ0) is 13.8. The van der Waals surface area contributed by atoms with Gasteiger partial charge in [0, 0.05) is 47.7 Å². The third kappa shape index (κ3) is 3.76. The topological polar surface area (TPSA) is 59.5 Å². The molecule has 0 aliphatic carbocycles. The van der Waals surface area contributed by atoms with Crippen molar-refractivity contribution in [2.75, 3.05) is 24.6 Å². The van der Waals surface area contributed by atoms with Crippen LogP contribution >= 0.6 is 0 Å². The van der Waals surface area contributed by atoms with E-state index >= 15 is 0 Å². The Morgan fingerprint density at radius 1 is 1.37 bits per heavy atom. The van der Waals surface area contributed by atoms with Crippen LogP contribution in [0.4, 0.5) is 0 Å². The van der Waals surface area contributed by atoms with Crippen LogP contribution in [0.3, 0.4) is 0 Å². The van der Waals surface area contributed by atoms with Gasteiger partial charge in [-0.3, -0.25) is 9.00 Å². The minimum Gasteiger partial charge on any atom is -0.475 e. The van der Waals surface area contributed by atoms with Gasteiger partial charge in [0.25, 0.3) is 5.91 Å². The fourth-order valence-corrected chi connectivity index (χ4v) is 2.89. The number of carbonyl (C=O) groups is 1. The summed E-state index contributed by atoms with van der Waals surface area (Å²) < 4.78 is 16.7. The molecule has 1 aliphatic rings. The van der Waals surface area contributed by atoms with E-state index < -0.39 is 10.8 Å². The summed E-state index contributed by atoms with van der Waals surface area (Å²) in [5.74, 6) is 1.59. The van der Waals surface area contributed by atoms with Crippen LogP contribution in [0.1, 0.15) is 24.2 Å². The van der Waals surface area contributed by atoms with Crippen molar-refractivity contribution >= 4 is 16.7 Å². The van der Waals surface area contributed by atoms with Gasteiger partial charge < -0.3 is 9.64 Å². The average molecular weight is 282 g/mol. The van der Waals surface area contributed by atoms with Crippen molar-refractivity contribution in [3.63, 3.8) is 0 Å². The van der Waals surface area contributed by atoms with Crippen molar-refractivity contribution in [2.24, 2.45) is 0 Å². The predicted octanol–water partition coefficient (Wildman–Crippen LogP) is 1.07. The van der Waals surface area contributed by atoms with E-state index in [9.17, 15) is 9.00 Å². The molecule has 6 heteroatoms. The van der Waals surface area contributed by atoms with Gasteiger partial charge in [-0.2, -0.15) is 0 Å². The van der Waals surface area contributed by atoms with Gasteiger partial charge in [-0.15, -0.1) is 0 Å². The third-order valence-corrected chi connectivity index (χ3v) is 4.08. The predicted molar refractivity (Wildman–Crippen MR) is 73.8 cm³/mol. The lowest BCUT2D eigenvalue weighted by Gasteiger charge is -2.26. The number of pyridine rings is 1. The molecule has 1 aromatic rings. The van der Waals surface area contributed by atoms with E-state index in [1.165, 1.54) is 6.20 Å². The Bertz CT molecular complexity index is 463. The SMILES string of the molecule is CC(C)Oc1ccc(C(=O)N2CCS(=O)CC2)cn1. The lowest BCUT2D eigenvalue weighted by Crippen LogP contribution is -2.41. The summed E-state index contributed by atoms with van der Waals surface area (Å²) in [6.07, 6.45) is 1.59. The highest BCUT2D eigenvalue weighted by molar-refractivity contribution is 7.85. The Kier molecular flexibility index (Phi) is 4.52. The third-order valence-electron chi connectivity index (χ3n) is 2.80. The van der Waals surface area contributed by atoms with Crippen molar-refractivity contribution in [3.05, 3.63) is 23.9 Å². The Labute approximate surface area is 115 Å². The molecule has 0 unspecified atom stereocenters. The molecule has 0 aromatic carbocycles. The fraction of sp³-hybridized carbons (Fsp3) is 0.538. The normalized spacial score (nSPS) is 16.7. The lowest BCUT2D eigenvalue weighted by molar-refractivity contribution is 0.0770. The van der Waals surface area contributed by atoms with Crippen LogP contribution in [0.25, 0.3) is 0 Å². The maximum absolute atomic E-state index is 12.2. The molecule has 0 N–H and O–H groups in total. The van der Waals surface area contributed by atoms with E-state index in [1.807, 2.05) is 13.8 Å². The molecule has 2 heterocycles. The van der Waals surface area contributed by atoms with Crippen LogP contribution in [0, 0.1) is 0 Å². The van der Waals surface area contributed by atoms with Crippen LogP contribution in [0.5, 0.6) is 5.88 Å². The quantitative estimate of drug-likeness (QED) is 0.832. The van der Waals surface area contributed by atoms with Crippen molar-refractivity contribution in [3.8, 4) is 5.88 Å². The first kappa shape index (κ1) is 14.0. The molecule has 0 spiro atoms. The molecule has 0 bridgehead atoms. The van der Waals surface area contributed by atoms with Gasteiger partial charge in [-0.05, 0) is 19.9 Å². The minimum atomic E-state index is -0.774. The second kappa shape index (κ2) is 6.14. The zero-order valence-corrected chi connectivity index (χ0v) is 12.0. The van der Waals surface area contributed by atoms with Crippen LogP contribution in [0.2, 0.25) is 0 Å². The monoisotopic (exact) mass is 282 g/mol. The number of rotatable bonds is 3. The number of hydrogen-bond donors (Lipinski definition) is 0. The van der Waals surface area contributed by atoms with E-state index in [2.05, 4.69) is 4.98 Å². The van der Waals surface area contributed by atoms with E-state index in [1.54, 1.807) is 17.0 Å². The molecule has 1 aliphatic heterocycles. The van der Waals surface area contributed by atoms with Crippen molar-refractivity contribution in [1.29, 1.82) is 0 Å². The smallest absolute Gasteiger partial charge is 0.255 e. The van der Waals surface area contributed by atoms with E-state index in [-0.39, 0.29) is 12.0 Å². The van der Waals surface area contributed by atoms with Crippen LogP contribution in [-0.4, -0.2) is 50.7 Å². The molecular weight excluding hydrogens is 264 g/mol. The second-order valence-corrected chi connectivity index (χ2v) is 6.39. The van der Waals surface area contributed by atoms with Gasteiger partial charge >= 0.3 is 0 Å². The first-order valence-corrected chi connectivity index (χ1v) is 7.82. The second-order valence-electron chi connectivity index (χ2n) is 4.69. The standard InChI is InChI=1S/C13H18N2O3S/c1-10(2)18-12-4-3-11(9-14-12)13(16)15-5-7-19(17)8-6-15/h3-4,9-10H,5-8H2,1-2H3. The Balaban J connectivity index is 2.01. The largest absolute Gasteiger partial charge is 0.475 e. The van der Waals surface area contributed by atoms with Crippen molar-refractivity contribution < 1.29 is 13.7 Å². The van der Waals surface area contributed by atoms with Gasteiger partial charge in [0.2, 0.25) is 5.88 Å². The van der Waals surface area contributed by atoms with Gasteiger partial charge in [-0.1, -0.05) is 0 Å². The first-order valence-electron chi connectivity index (χ1n) is 6.33. The number of ether oxygens (including phenoxy) is 1. The molecule has 1 amide bonds. The minimum absolute atomic E-state index is 0.0553. The number of nitrogens with zero attached hydrogens (tertiary/aromatic N) is 2. The molecule has 19 heavy (non-hydrogen) atoms. The molecule has 1 fully saturated rings. The fourth-order valence-electron chi connectivity index (χ4n) is 1.84. The Morgan fingerprint density at radius 2 is 2.05 bits per heavy atom. The molecule has 0 radical (unpaired) electrons. The molecule has 1 saturated heterocycles. The lowest BCUT2D eigenvalue weighted by atomic mass is 10.2. The van der Waals surface area contributed by atoms with Crippen molar-refractivity contribution in [1.82, 2.24) is 9.88 Å². The summed E-state index contributed by atoms with van der Waals surface area (Å²) in [5, 5.41) is 0. The van der Waals surface area contributed by atoms with E-state index in [0.29, 0.717) is 36.0 Å². The Morgan fingerprint density at radius 3 is 2.58 bits per heavy atom. The number of hydrogen-bond acceptors (Lipinski definition) is 4. The number of aromatic nitrogens is 1. The van der Waals surface area contributed by atoms with Gasteiger partial charge in [-0.25, -0.2) is 4.98 Å². The maximum atomic E-state index is 12.2. The molecule has 2 rings (SSSR count).